The van der Waals surface area contributed by atoms with Crippen molar-refractivity contribution in [3.63, 3.8) is 0 Å². The van der Waals surface area contributed by atoms with Gasteiger partial charge in [-0.15, -0.1) is 0 Å². The van der Waals surface area contributed by atoms with E-state index in [2.05, 4.69) is 15.0 Å². The number of imidazole rings is 1. The summed E-state index contributed by atoms with van der Waals surface area (Å²) in [5.74, 6) is -0.837. The molecule has 4 rings (SSSR count). The molecule has 0 spiro atoms. The number of rotatable bonds is 5. The second-order valence-corrected chi connectivity index (χ2v) is 6.59. The van der Waals surface area contributed by atoms with Crippen molar-refractivity contribution in [3.8, 4) is 0 Å². The fraction of sp³-hybridized carbons (Fsp3) is 0.333. The molecule has 3 heterocycles. The lowest BCUT2D eigenvalue weighted by atomic mass is 10.1. The summed E-state index contributed by atoms with van der Waals surface area (Å²) in [6.07, 6.45) is -4.82. The van der Waals surface area contributed by atoms with Crippen molar-refractivity contribution in [2.45, 2.75) is 37.3 Å². The molecule has 2 aromatic heterocycles. The van der Waals surface area contributed by atoms with Gasteiger partial charge in [0.25, 0.3) is 0 Å². The minimum atomic E-state index is -1.80. The van der Waals surface area contributed by atoms with Crippen LogP contribution >= 0.6 is 0 Å². The molecule has 1 aromatic carbocycles. The summed E-state index contributed by atoms with van der Waals surface area (Å²) < 4.78 is 12.0. The van der Waals surface area contributed by atoms with Crippen LogP contribution in [0.5, 0.6) is 0 Å². The number of ether oxygens (including phenoxy) is 2. The highest BCUT2D eigenvalue weighted by Gasteiger charge is 2.49. The average Bonchev–Trinajstić information content (AvgIpc) is 3.29. The number of nitrogens with zero attached hydrogens (tertiary/aromatic N) is 4. The Bertz CT molecular complexity index is 1010. The second-order valence-electron chi connectivity index (χ2n) is 6.59. The molecule has 1 aliphatic heterocycles. The van der Waals surface area contributed by atoms with Crippen LogP contribution in [0.15, 0.2) is 43.0 Å². The second kappa shape index (κ2) is 7.72. The van der Waals surface area contributed by atoms with Crippen LogP contribution in [-0.4, -0.2) is 65.2 Å². The van der Waals surface area contributed by atoms with Gasteiger partial charge in [0.05, 0.1) is 6.33 Å². The van der Waals surface area contributed by atoms with Crippen LogP contribution in [0.1, 0.15) is 11.8 Å². The predicted molar refractivity (Wildman–Crippen MR) is 97.9 cm³/mol. The summed E-state index contributed by atoms with van der Waals surface area (Å²) in [7, 11) is 0. The van der Waals surface area contributed by atoms with Crippen LogP contribution in [0.4, 0.5) is 5.82 Å². The molecule has 11 nitrogen and oxygen atoms in total. The molecule has 0 amide bonds. The molecular weight excluding hydrogens is 382 g/mol. The van der Waals surface area contributed by atoms with Gasteiger partial charge in [-0.25, -0.2) is 19.7 Å². The first-order valence-electron chi connectivity index (χ1n) is 8.80. The summed E-state index contributed by atoms with van der Waals surface area (Å²) in [6, 6.07) is 8.92. The Labute approximate surface area is 164 Å². The van der Waals surface area contributed by atoms with Crippen molar-refractivity contribution < 1.29 is 29.6 Å². The van der Waals surface area contributed by atoms with E-state index in [1.807, 2.05) is 6.07 Å². The fourth-order valence-corrected chi connectivity index (χ4v) is 3.18. The molecule has 5 atom stereocenters. The van der Waals surface area contributed by atoms with Crippen molar-refractivity contribution in [2.75, 3.05) is 5.73 Å². The SMILES string of the molecule is Nc1ncnc2c1ncn2[C@@H]1O[C@H](C(O)C(=O)OCc2ccccc2)[C@@H](O)[C@H]1O. The number of hydrogen-bond donors (Lipinski definition) is 4. The van der Waals surface area contributed by atoms with Gasteiger partial charge in [-0.05, 0) is 5.56 Å². The van der Waals surface area contributed by atoms with Gasteiger partial charge in [0, 0.05) is 0 Å². The van der Waals surface area contributed by atoms with Crippen molar-refractivity contribution >= 4 is 23.0 Å². The van der Waals surface area contributed by atoms with Gasteiger partial charge in [-0.1, -0.05) is 30.3 Å². The predicted octanol–water partition coefficient (Wildman–Crippen LogP) is -0.868. The molecule has 0 bridgehead atoms. The molecule has 0 radical (unpaired) electrons. The number of hydrogen-bond acceptors (Lipinski definition) is 10. The normalized spacial score (nSPS) is 25.2. The van der Waals surface area contributed by atoms with Crippen LogP contribution in [0.25, 0.3) is 11.2 Å². The molecule has 0 saturated carbocycles. The Morgan fingerprint density at radius 3 is 2.72 bits per heavy atom. The van der Waals surface area contributed by atoms with E-state index < -0.39 is 36.6 Å². The first-order valence-corrected chi connectivity index (χ1v) is 8.80. The number of aromatic nitrogens is 4. The number of nitrogen functional groups attached to an aromatic ring is 1. The van der Waals surface area contributed by atoms with E-state index in [0.717, 1.165) is 5.56 Å². The van der Waals surface area contributed by atoms with E-state index >= 15 is 0 Å². The minimum absolute atomic E-state index is 0.0477. The highest BCUT2D eigenvalue weighted by molar-refractivity contribution is 5.81. The summed E-state index contributed by atoms with van der Waals surface area (Å²) in [5, 5.41) is 31.0. The van der Waals surface area contributed by atoms with Crippen LogP contribution < -0.4 is 5.73 Å². The lowest BCUT2D eigenvalue weighted by Gasteiger charge is -2.19. The molecule has 11 heteroatoms. The Morgan fingerprint density at radius 2 is 1.97 bits per heavy atom. The van der Waals surface area contributed by atoms with Gasteiger partial charge in [0.15, 0.2) is 23.8 Å². The van der Waals surface area contributed by atoms with Crippen molar-refractivity contribution in [1.29, 1.82) is 0 Å². The molecule has 152 valence electrons. The summed E-state index contributed by atoms with van der Waals surface area (Å²) in [6.45, 7) is -0.0477. The van der Waals surface area contributed by atoms with Crippen LogP contribution in [-0.2, 0) is 20.9 Å². The standard InChI is InChI=1S/C18H19N5O6/c19-15-10-16(21-7-20-15)23(8-22-10)17-12(25)11(24)14(29-17)13(26)18(27)28-6-9-4-2-1-3-5-9/h1-5,7-8,11-14,17,24-26H,6H2,(H2,19,20,21)/t11-,12+,13?,14-,17+/m0/s1. The largest absolute Gasteiger partial charge is 0.459 e. The third kappa shape index (κ3) is 3.51. The number of nitrogens with two attached hydrogens (primary N) is 1. The number of aliphatic hydroxyl groups is 3. The molecule has 3 aromatic rings. The van der Waals surface area contributed by atoms with E-state index in [4.69, 9.17) is 15.2 Å². The summed E-state index contributed by atoms with van der Waals surface area (Å²) in [5.41, 5.74) is 7.05. The molecule has 29 heavy (non-hydrogen) atoms. The number of benzene rings is 1. The summed E-state index contributed by atoms with van der Waals surface area (Å²) in [4.78, 5) is 24.2. The van der Waals surface area contributed by atoms with E-state index in [1.54, 1.807) is 24.3 Å². The first-order chi connectivity index (χ1) is 14.0. The third-order valence-corrected chi connectivity index (χ3v) is 4.71. The zero-order valence-electron chi connectivity index (χ0n) is 15.1. The number of carbonyl (C=O) groups is 1. The molecular formula is C18H19N5O6. The number of aliphatic hydroxyl groups excluding tert-OH is 3. The number of fused-ring (bicyclic) bond motifs is 1. The average molecular weight is 401 g/mol. The van der Waals surface area contributed by atoms with Gasteiger partial charge < -0.3 is 30.5 Å². The maximum absolute atomic E-state index is 12.2. The lowest BCUT2D eigenvalue weighted by Crippen LogP contribution is -2.43. The molecule has 5 N–H and O–H groups in total. The van der Waals surface area contributed by atoms with E-state index in [1.165, 1.54) is 17.2 Å². The van der Waals surface area contributed by atoms with Crippen LogP contribution in [0, 0.1) is 0 Å². The third-order valence-electron chi connectivity index (χ3n) is 4.71. The zero-order valence-corrected chi connectivity index (χ0v) is 15.1. The topological polar surface area (TPSA) is 166 Å². The lowest BCUT2D eigenvalue weighted by molar-refractivity contribution is -0.168. The molecule has 1 saturated heterocycles. The van der Waals surface area contributed by atoms with Gasteiger partial charge in [0.2, 0.25) is 0 Å². The Kier molecular flexibility index (Phi) is 5.11. The molecule has 0 aliphatic carbocycles. The van der Waals surface area contributed by atoms with Gasteiger partial charge in [0.1, 0.15) is 36.8 Å². The van der Waals surface area contributed by atoms with Crippen LogP contribution in [0.2, 0.25) is 0 Å². The number of anilines is 1. The smallest absolute Gasteiger partial charge is 0.338 e. The monoisotopic (exact) mass is 401 g/mol. The zero-order chi connectivity index (χ0) is 20.5. The maximum atomic E-state index is 12.2. The Balaban J connectivity index is 1.49. The van der Waals surface area contributed by atoms with E-state index in [9.17, 15) is 20.1 Å². The quantitative estimate of drug-likeness (QED) is 0.395. The highest BCUT2D eigenvalue weighted by atomic mass is 16.6. The van der Waals surface area contributed by atoms with Crippen molar-refractivity contribution in [1.82, 2.24) is 19.5 Å². The van der Waals surface area contributed by atoms with Crippen molar-refractivity contribution in [3.05, 3.63) is 48.5 Å². The Hall–Kier alpha value is -3.12. The maximum Gasteiger partial charge on any atom is 0.338 e. The van der Waals surface area contributed by atoms with E-state index in [-0.39, 0.29) is 18.1 Å². The highest BCUT2D eigenvalue weighted by Crippen LogP contribution is 2.33. The number of carbonyl (C=O) groups excluding carboxylic acids is 1. The Morgan fingerprint density at radius 1 is 1.21 bits per heavy atom. The molecule has 1 aliphatic rings. The molecule has 1 unspecified atom stereocenters. The molecule has 1 fully saturated rings. The number of esters is 1. The fourth-order valence-electron chi connectivity index (χ4n) is 3.18. The van der Waals surface area contributed by atoms with Gasteiger partial charge in [-0.3, -0.25) is 4.57 Å². The summed E-state index contributed by atoms with van der Waals surface area (Å²) >= 11 is 0. The van der Waals surface area contributed by atoms with Crippen molar-refractivity contribution in [2.24, 2.45) is 0 Å². The van der Waals surface area contributed by atoms with Gasteiger partial charge in [-0.2, -0.15) is 0 Å². The van der Waals surface area contributed by atoms with E-state index in [0.29, 0.717) is 5.52 Å². The minimum Gasteiger partial charge on any atom is -0.459 e. The van der Waals surface area contributed by atoms with Crippen LogP contribution in [0.3, 0.4) is 0 Å². The first kappa shape index (κ1) is 19.2. The van der Waals surface area contributed by atoms with Gasteiger partial charge >= 0.3 is 5.97 Å².